The minimum atomic E-state index is 0.837. The molecule has 0 atom stereocenters. The fraction of sp³-hybridized carbons (Fsp3) is 0.286. The number of rotatable bonds is 2. The highest BCUT2D eigenvalue weighted by molar-refractivity contribution is 5.44. The second-order valence-electron chi connectivity index (χ2n) is 3.06. The molecule has 1 heteroatoms. The van der Waals surface area contributed by atoms with E-state index in [1.54, 1.807) is 7.11 Å². The normalized spacial score (nSPS) is 10.3. The molecule has 1 aromatic carbocycles. The van der Waals surface area contributed by atoms with Crippen LogP contribution in [0, 0.1) is 0 Å². The van der Waals surface area contributed by atoms with Crippen LogP contribution in [-0.2, 0) is 0 Å². The predicted octanol–water partition coefficient (Wildman–Crippen LogP) is 2.49. The van der Waals surface area contributed by atoms with Crippen molar-refractivity contribution in [2.24, 2.45) is 0 Å². The number of ether oxygens (including phenoxy) is 1. The molecule has 0 fully saturated rings. The van der Waals surface area contributed by atoms with Gasteiger partial charge < -0.3 is 4.74 Å². The SMILES string of the molecule is C=C(C)/C=c1/ccc(OC)cc1=C.CC. The largest absolute Gasteiger partial charge is 0.497 e. The molecule has 1 nitrogen and oxygen atoms in total. The van der Waals surface area contributed by atoms with Crippen molar-refractivity contribution in [1.82, 2.24) is 0 Å². The quantitative estimate of drug-likeness (QED) is 0.719. The molecular formula is C14H20O. The van der Waals surface area contributed by atoms with Crippen LogP contribution in [0.15, 0.2) is 30.4 Å². The summed E-state index contributed by atoms with van der Waals surface area (Å²) in [7, 11) is 1.65. The summed E-state index contributed by atoms with van der Waals surface area (Å²) in [6.45, 7) is 13.7. The van der Waals surface area contributed by atoms with Gasteiger partial charge in [-0.15, -0.1) is 0 Å². The van der Waals surface area contributed by atoms with Crippen LogP contribution in [0.2, 0.25) is 0 Å². The summed E-state index contributed by atoms with van der Waals surface area (Å²) in [4.78, 5) is 0. The highest BCUT2D eigenvalue weighted by atomic mass is 16.5. The molecule has 0 aromatic heterocycles. The Kier molecular flexibility index (Phi) is 6.19. The average Bonchev–Trinajstić information content (AvgIpc) is 2.23. The minimum Gasteiger partial charge on any atom is -0.497 e. The second-order valence-corrected chi connectivity index (χ2v) is 3.06. The molecule has 1 aromatic rings. The van der Waals surface area contributed by atoms with Gasteiger partial charge in [0, 0.05) is 0 Å². The predicted molar refractivity (Wildman–Crippen MR) is 68.4 cm³/mol. The summed E-state index contributed by atoms with van der Waals surface area (Å²) in [5, 5.41) is 2.05. The van der Waals surface area contributed by atoms with E-state index < -0.39 is 0 Å². The zero-order valence-corrected chi connectivity index (χ0v) is 10.1. The first-order chi connectivity index (χ1) is 7.13. The number of hydrogen-bond donors (Lipinski definition) is 0. The molecule has 15 heavy (non-hydrogen) atoms. The first-order valence-electron chi connectivity index (χ1n) is 5.13. The van der Waals surface area contributed by atoms with Crippen LogP contribution in [0.1, 0.15) is 20.8 Å². The van der Waals surface area contributed by atoms with Crippen molar-refractivity contribution in [2.75, 3.05) is 7.11 Å². The fourth-order valence-electron chi connectivity index (χ4n) is 1.12. The molecule has 0 saturated carbocycles. The van der Waals surface area contributed by atoms with Gasteiger partial charge in [0.25, 0.3) is 0 Å². The van der Waals surface area contributed by atoms with Gasteiger partial charge in [-0.1, -0.05) is 44.7 Å². The Labute approximate surface area is 92.4 Å². The summed E-state index contributed by atoms with van der Waals surface area (Å²) in [5.74, 6) is 0.837. The van der Waals surface area contributed by atoms with Crippen molar-refractivity contribution in [3.8, 4) is 5.75 Å². The third kappa shape index (κ3) is 4.50. The molecule has 0 spiro atoms. The van der Waals surface area contributed by atoms with Crippen molar-refractivity contribution in [3.05, 3.63) is 40.8 Å². The van der Waals surface area contributed by atoms with Gasteiger partial charge in [-0.25, -0.2) is 0 Å². The molecule has 0 amide bonds. The van der Waals surface area contributed by atoms with E-state index in [1.807, 2.05) is 45.0 Å². The molecule has 82 valence electrons. The summed E-state index contributed by atoms with van der Waals surface area (Å²) < 4.78 is 5.08. The summed E-state index contributed by atoms with van der Waals surface area (Å²) in [5.41, 5.74) is 1.02. The lowest BCUT2D eigenvalue weighted by Gasteiger charge is -1.98. The van der Waals surface area contributed by atoms with Crippen LogP contribution in [-0.4, -0.2) is 7.11 Å². The van der Waals surface area contributed by atoms with E-state index in [-0.39, 0.29) is 0 Å². The standard InChI is InChI=1S/C12H14O.C2H6/c1-9(2)7-11-5-6-12(13-4)8-10(11)3;1-2/h5-8H,1,3H2,2,4H3;1-2H3/b11-7-;. The smallest absolute Gasteiger partial charge is 0.119 e. The molecular weight excluding hydrogens is 184 g/mol. The van der Waals surface area contributed by atoms with Gasteiger partial charge in [-0.3, -0.25) is 0 Å². The maximum absolute atomic E-state index is 5.08. The topological polar surface area (TPSA) is 9.23 Å². The van der Waals surface area contributed by atoms with E-state index in [1.165, 1.54) is 0 Å². The van der Waals surface area contributed by atoms with E-state index >= 15 is 0 Å². The maximum atomic E-state index is 5.08. The first-order valence-corrected chi connectivity index (χ1v) is 5.13. The van der Waals surface area contributed by atoms with Crippen LogP contribution in [0.4, 0.5) is 0 Å². The van der Waals surface area contributed by atoms with Crippen LogP contribution < -0.4 is 15.2 Å². The molecule has 0 aliphatic carbocycles. The maximum Gasteiger partial charge on any atom is 0.119 e. The van der Waals surface area contributed by atoms with Crippen molar-refractivity contribution >= 4 is 12.7 Å². The van der Waals surface area contributed by atoms with E-state index in [2.05, 4.69) is 13.2 Å². The van der Waals surface area contributed by atoms with Crippen LogP contribution in [0.3, 0.4) is 0 Å². The molecule has 0 radical (unpaired) electrons. The van der Waals surface area contributed by atoms with Gasteiger partial charge in [0.05, 0.1) is 7.11 Å². The van der Waals surface area contributed by atoms with E-state index in [0.29, 0.717) is 0 Å². The summed E-state index contributed by atoms with van der Waals surface area (Å²) in [6.07, 6.45) is 2.00. The van der Waals surface area contributed by atoms with Gasteiger partial charge in [0.1, 0.15) is 5.75 Å². The Bertz CT molecular complexity index is 415. The lowest BCUT2D eigenvalue weighted by Crippen LogP contribution is -2.22. The number of methoxy groups -OCH3 is 1. The summed E-state index contributed by atoms with van der Waals surface area (Å²) >= 11 is 0. The Morgan fingerprint density at radius 2 is 1.93 bits per heavy atom. The van der Waals surface area contributed by atoms with Crippen molar-refractivity contribution in [1.29, 1.82) is 0 Å². The average molecular weight is 204 g/mol. The number of benzene rings is 1. The molecule has 0 bridgehead atoms. The zero-order chi connectivity index (χ0) is 11.8. The lowest BCUT2D eigenvalue weighted by molar-refractivity contribution is 0.414. The molecule has 0 unspecified atom stereocenters. The third-order valence-electron chi connectivity index (χ3n) is 1.75. The number of hydrogen-bond acceptors (Lipinski definition) is 1. The van der Waals surface area contributed by atoms with Crippen LogP contribution >= 0.6 is 0 Å². The molecule has 0 saturated heterocycles. The molecule has 0 heterocycles. The van der Waals surface area contributed by atoms with Crippen LogP contribution in [0.25, 0.3) is 12.7 Å². The zero-order valence-electron chi connectivity index (χ0n) is 10.1. The highest BCUT2D eigenvalue weighted by Gasteiger charge is 1.89. The Morgan fingerprint density at radius 1 is 1.33 bits per heavy atom. The highest BCUT2D eigenvalue weighted by Crippen LogP contribution is 2.01. The molecule has 0 aliphatic heterocycles. The van der Waals surface area contributed by atoms with E-state index in [4.69, 9.17) is 4.74 Å². The van der Waals surface area contributed by atoms with Crippen molar-refractivity contribution in [3.63, 3.8) is 0 Å². The Hall–Kier alpha value is -1.50. The Morgan fingerprint density at radius 3 is 2.33 bits per heavy atom. The minimum absolute atomic E-state index is 0.837. The van der Waals surface area contributed by atoms with Gasteiger partial charge in [-0.2, -0.15) is 0 Å². The Balaban J connectivity index is 0.000000921. The molecule has 1 rings (SSSR count). The van der Waals surface area contributed by atoms with Gasteiger partial charge in [-0.05, 0) is 29.5 Å². The van der Waals surface area contributed by atoms with Gasteiger partial charge in [0.2, 0.25) is 0 Å². The van der Waals surface area contributed by atoms with Crippen molar-refractivity contribution < 1.29 is 4.74 Å². The van der Waals surface area contributed by atoms with E-state index in [0.717, 1.165) is 21.8 Å². The van der Waals surface area contributed by atoms with E-state index in [9.17, 15) is 0 Å². The summed E-state index contributed by atoms with van der Waals surface area (Å²) in [6, 6.07) is 5.81. The fourth-order valence-corrected chi connectivity index (χ4v) is 1.12. The first kappa shape index (κ1) is 13.5. The van der Waals surface area contributed by atoms with Gasteiger partial charge >= 0.3 is 0 Å². The number of allylic oxidation sites excluding steroid dienone is 1. The monoisotopic (exact) mass is 204 g/mol. The third-order valence-corrected chi connectivity index (χ3v) is 1.75. The molecule has 0 N–H and O–H groups in total. The van der Waals surface area contributed by atoms with Crippen LogP contribution in [0.5, 0.6) is 5.75 Å². The lowest BCUT2D eigenvalue weighted by atomic mass is 10.2. The molecule has 0 aliphatic rings. The second kappa shape index (κ2) is 6.88. The van der Waals surface area contributed by atoms with Gasteiger partial charge in [0.15, 0.2) is 0 Å². The van der Waals surface area contributed by atoms with Crippen molar-refractivity contribution in [2.45, 2.75) is 20.8 Å².